The Morgan fingerprint density at radius 3 is 2.73 bits per heavy atom. The zero-order chi connectivity index (χ0) is 16.2. The number of benzene rings is 1. The van der Waals surface area contributed by atoms with E-state index in [1.54, 1.807) is 17.7 Å². The lowest BCUT2D eigenvalue weighted by atomic mass is 9.98. The number of pyridine rings is 1. The van der Waals surface area contributed by atoms with Crippen LogP contribution in [0.2, 0.25) is 0 Å². The van der Waals surface area contributed by atoms with Crippen molar-refractivity contribution in [3.05, 3.63) is 52.8 Å². The minimum absolute atomic E-state index is 0.00185. The van der Waals surface area contributed by atoms with Crippen LogP contribution >= 0.6 is 0 Å². The molecular weight excluding hydrogens is 272 g/mol. The zero-order valence-corrected chi connectivity index (χ0v) is 13.6. The van der Waals surface area contributed by atoms with Crippen LogP contribution in [0.5, 0.6) is 0 Å². The van der Waals surface area contributed by atoms with Crippen molar-refractivity contribution >= 4 is 16.6 Å². The van der Waals surface area contributed by atoms with E-state index >= 15 is 0 Å². The lowest BCUT2D eigenvalue weighted by Gasteiger charge is -2.10. The number of fused-ring (bicyclic) bond motifs is 1. The lowest BCUT2D eigenvalue weighted by molar-refractivity contribution is 0.571. The molecule has 0 aliphatic carbocycles. The third-order valence-corrected chi connectivity index (χ3v) is 3.23. The maximum absolute atomic E-state index is 11.7. The summed E-state index contributed by atoms with van der Waals surface area (Å²) in [4.78, 5) is 11.7. The van der Waals surface area contributed by atoms with Gasteiger partial charge < -0.3 is 9.88 Å². The average molecular weight is 294 g/mol. The number of hydrogen-bond donors (Lipinski definition) is 1. The van der Waals surface area contributed by atoms with Gasteiger partial charge in [0.25, 0.3) is 5.56 Å². The fraction of sp³-hybridized carbons (Fsp3) is 0.316. The SMILES string of the molecule is Cn1c(=O)ccc2c(NC/C=C/C#CC(C)(C)C)cccc21. The van der Waals surface area contributed by atoms with Gasteiger partial charge in [0, 0.05) is 36.1 Å². The third kappa shape index (κ3) is 4.02. The van der Waals surface area contributed by atoms with Crippen molar-refractivity contribution in [2.24, 2.45) is 12.5 Å². The van der Waals surface area contributed by atoms with Crippen molar-refractivity contribution < 1.29 is 0 Å². The molecule has 1 aromatic heterocycles. The molecule has 1 aromatic carbocycles. The number of aromatic nitrogens is 1. The van der Waals surface area contributed by atoms with Crippen LogP contribution in [-0.2, 0) is 7.05 Å². The fourth-order valence-corrected chi connectivity index (χ4v) is 2.10. The summed E-state index contributed by atoms with van der Waals surface area (Å²) in [6.07, 6.45) is 3.87. The Bertz CT molecular complexity index is 811. The van der Waals surface area contributed by atoms with E-state index in [4.69, 9.17) is 0 Å². The second-order valence-corrected chi connectivity index (χ2v) is 6.27. The Morgan fingerprint density at radius 2 is 2.00 bits per heavy atom. The van der Waals surface area contributed by atoms with Gasteiger partial charge in [-0.3, -0.25) is 4.79 Å². The number of anilines is 1. The molecule has 0 saturated heterocycles. The van der Waals surface area contributed by atoms with E-state index in [-0.39, 0.29) is 11.0 Å². The minimum Gasteiger partial charge on any atom is -0.381 e. The summed E-state index contributed by atoms with van der Waals surface area (Å²) < 4.78 is 1.66. The minimum atomic E-state index is 0.00185. The van der Waals surface area contributed by atoms with Crippen molar-refractivity contribution in [1.29, 1.82) is 0 Å². The van der Waals surface area contributed by atoms with Crippen LogP contribution in [0, 0.1) is 17.3 Å². The van der Waals surface area contributed by atoms with Crippen LogP contribution in [0.1, 0.15) is 20.8 Å². The number of aryl methyl sites for hydroxylation is 1. The van der Waals surface area contributed by atoms with Gasteiger partial charge >= 0.3 is 0 Å². The molecule has 114 valence electrons. The number of rotatable bonds is 3. The summed E-state index contributed by atoms with van der Waals surface area (Å²) in [5.74, 6) is 6.21. The number of hydrogen-bond acceptors (Lipinski definition) is 2. The van der Waals surface area contributed by atoms with Crippen LogP contribution in [0.15, 0.2) is 47.3 Å². The van der Waals surface area contributed by atoms with Gasteiger partial charge in [-0.15, -0.1) is 0 Å². The fourth-order valence-electron chi connectivity index (χ4n) is 2.10. The van der Waals surface area contributed by atoms with Gasteiger partial charge in [0.2, 0.25) is 0 Å². The molecular formula is C19H22N2O. The molecule has 0 spiro atoms. The van der Waals surface area contributed by atoms with E-state index in [1.165, 1.54) is 0 Å². The van der Waals surface area contributed by atoms with Crippen molar-refractivity contribution in [3.63, 3.8) is 0 Å². The van der Waals surface area contributed by atoms with Crippen LogP contribution in [0.25, 0.3) is 10.9 Å². The summed E-state index contributed by atoms with van der Waals surface area (Å²) in [7, 11) is 1.79. The molecule has 0 aliphatic heterocycles. The average Bonchev–Trinajstić information content (AvgIpc) is 2.45. The maximum atomic E-state index is 11.7. The van der Waals surface area contributed by atoms with E-state index in [0.717, 1.165) is 16.6 Å². The first-order valence-electron chi connectivity index (χ1n) is 7.39. The van der Waals surface area contributed by atoms with Gasteiger partial charge in [-0.25, -0.2) is 0 Å². The molecule has 0 fully saturated rings. The topological polar surface area (TPSA) is 34.0 Å². The first-order chi connectivity index (χ1) is 10.4. The van der Waals surface area contributed by atoms with Gasteiger partial charge in [0.05, 0.1) is 5.52 Å². The van der Waals surface area contributed by atoms with E-state index in [2.05, 4.69) is 37.9 Å². The second kappa shape index (κ2) is 6.53. The van der Waals surface area contributed by atoms with Crippen LogP contribution in [0.4, 0.5) is 5.69 Å². The predicted octanol–water partition coefficient (Wildman–Crippen LogP) is 3.56. The molecule has 0 aliphatic rings. The van der Waals surface area contributed by atoms with Crippen LogP contribution < -0.4 is 10.9 Å². The molecule has 2 rings (SSSR count). The van der Waals surface area contributed by atoms with Crippen LogP contribution in [0.3, 0.4) is 0 Å². The van der Waals surface area contributed by atoms with Crippen molar-refractivity contribution in [2.75, 3.05) is 11.9 Å². The standard InChI is InChI=1S/C19H22N2O/c1-19(2,3)13-6-5-7-14-20-16-9-8-10-17-15(16)11-12-18(22)21(17)4/h5,7-12,20H,14H2,1-4H3/b7-5+. The molecule has 1 N–H and O–H groups in total. The molecule has 22 heavy (non-hydrogen) atoms. The first kappa shape index (κ1) is 15.9. The van der Waals surface area contributed by atoms with E-state index in [9.17, 15) is 4.79 Å². The van der Waals surface area contributed by atoms with Gasteiger partial charge in [0.1, 0.15) is 0 Å². The highest BCUT2D eigenvalue weighted by Crippen LogP contribution is 2.21. The van der Waals surface area contributed by atoms with E-state index in [0.29, 0.717) is 6.54 Å². The smallest absolute Gasteiger partial charge is 0.250 e. The highest BCUT2D eigenvalue weighted by atomic mass is 16.1. The Balaban J connectivity index is 2.13. The first-order valence-corrected chi connectivity index (χ1v) is 7.39. The van der Waals surface area contributed by atoms with Crippen molar-refractivity contribution in [1.82, 2.24) is 4.57 Å². The van der Waals surface area contributed by atoms with E-state index in [1.807, 2.05) is 36.4 Å². The molecule has 2 aromatic rings. The normalized spacial score (nSPS) is 11.5. The highest BCUT2D eigenvalue weighted by Gasteiger charge is 2.03. The van der Waals surface area contributed by atoms with Crippen molar-refractivity contribution in [3.8, 4) is 11.8 Å². The van der Waals surface area contributed by atoms with Gasteiger partial charge in [0.15, 0.2) is 0 Å². The molecule has 3 heteroatoms. The van der Waals surface area contributed by atoms with Gasteiger partial charge in [-0.2, -0.15) is 0 Å². The largest absolute Gasteiger partial charge is 0.381 e. The molecule has 1 heterocycles. The summed E-state index contributed by atoms with van der Waals surface area (Å²) in [5, 5.41) is 4.40. The third-order valence-electron chi connectivity index (χ3n) is 3.23. The van der Waals surface area contributed by atoms with Gasteiger partial charge in [-0.05, 0) is 45.0 Å². The number of allylic oxidation sites excluding steroid dienone is 1. The Labute approximate surface area is 131 Å². The molecule has 0 unspecified atom stereocenters. The molecule has 0 amide bonds. The van der Waals surface area contributed by atoms with E-state index < -0.39 is 0 Å². The Hall–Kier alpha value is -2.47. The summed E-state index contributed by atoms with van der Waals surface area (Å²) in [5.41, 5.74) is 1.97. The highest BCUT2D eigenvalue weighted by molar-refractivity contribution is 5.91. The Kier molecular flexibility index (Phi) is 4.72. The molecule has 3 nitrogen and oxygen atoms in total. The monoisotopic (exact) mass is 294 g/mol. The molecule has 0 radical (unpaired) electrons. The maximum Gasteiger partial charge on any atom is 0.250 e. The zero-order valence-electron chi connectivity index (χ0n) is 13.6. The number of nitrogens with zero attached hydrogens (tertiary/aromatic N) is 1. The quantitative estimate of drug-likeness (QED) is 0.878. The van der Waals surface area contributed by atoms with Crippen LogP contribution in [-0.4, -0.2) is 11.1 Å². The summed E-state index contributed by atoms with van der Waals surface area (Å²) >= 11 is 0. The second-order valence-electron chi connectivity index (χ2n) is 6.27. The molecule has 0 saturated carbocycles. The summed E-state index contributed by atoms with van der Waals surface area (Å²) in [6.45, 7) is 6.96. The molecule has 0 atom stereocenters. The lowest BCUT2D eigenvalue weighted by Crippen LogP contribution is -2.15. The number of nitrogens with one attached hydrogen (secondary N) is 1. The predicted molar refractivity (Wildman–Crippen MR) is 94.0 cm³/mol. The van der Waals surface area contributed by atoms with Gasteiger partial charge in [-0.1, -0.05) is 24.0 Å². The molecule has 0 bridgehead atoms. The Morgan fingerprint density at radius 1 is 1.23 bits per heavy atom. The summed E-state index contributed by atoms with van der Waals surface area (Å²) in [6, 6.07) is 9.38. The van der Waals surface area contributed by atoms with Crippen molar-refractivity contribution in [2.45, 2.75) is 20.8 Å².